The Morgan fingerprint density at radius 2 is 1.86 bits per heavy atom. The maximum Gasteiger partial charge on any atom is 0.118 e. The first-order valence-corrected chi connectivity index (χ1v) is 7.32. The zero-order valence-electron chi connectivity index (χ0n) is 13.0. The van der Waals surface area contributed by atoms with Gasteiger partial charge in [0.05, 0.1) is 24.2 Å². The molecule has 0 amide bonds. The van der Waals surface area contributed by atoms with Crippen LogP contribution in [0.1, 0.15) is 24.6 Å². The largest absolute Gasteiger partial charge is 0.497 e. The van der Waals surface area contributed by atoms with Crippen molar-refractivity contribution in [1.82, 2.24) is 10.2 Å². The van der Waals surface area contributed by atoms with Crippen LogP contribution < -0.4 is 4.74 Å². The van der Waals surface area contributed by atoms with Crippen molar-refractivity contribution in [1.29, 1.82) is 0 Å². The first-order chi connectivity index (χ1) is 10.7. The van der Waals surface area contributed by atoms with Gasteiger partial charge in [-0.3, -0.25) is 0 Å². The van der Waals surface area contributed by atoms with Gasteiger partial charge in [-0.05, 0) is 49.1 Å². The van der Waals surface area contributed by atoms with E-state index in [4.69, 9.17) is 9.57 Å². The van der Waals surface area contributed by atoms with Gasteiger partial charge in [-0.15, -0.1) is 0 Å². The summed E-state index contributed by atoms with van der Waals surface area (Å²) in [6.45, 7) is 2.19. The Kier molecular flexibility index (Phi) is 4.04. The summed E-state index contributed by atoms with van der Waals surface area (Å²) in [5, 5.41) is 12.9. The molecule has 0 saturated carbocycles. The highest BCUT2D eigenvalue weighted by molar-refractivity contribution is 6.02. The van der Waals surface area contributed by atoms with Crippen molar-refractivity contribution >= 4 is 5.71 Å². The molecule has 1 aromatic heterocycles. The summed E-state index contributed by atoms with van der Waals surface area (Å²) in [4.78, 5) is 4.99. The van der Waals surface area contributed by atoms with Gasteiger partial charge in [0.25, 0.3) is 0 Å². The molecule has 1 aliphatic rings. The van der Waals surface area contributed by atoms with Crippen molar-refractivity contribution in [3.63, 3.8) is 0 Å². The monoisotopic (exact) mass is 297 g/mol. The third-order valence-electron chi connectivity index (χ3n) is 3.85. The maximum absolute atomic E-state index is 5.18. The van der Waals surface area contributed by atoms with E-state index in [1.807, 2.05) is 30.3 Å². The van der Waals surface area contributed by atoms with Crippen molar-refractivity contribution in [2.24, 2.45) is 11.1 Å². The molecule has 2 aromatic rings. The Labute approximate surface area is 130 Å². The minimum absolute atomic E-state index is 0.502. The molecule has 0 bridgehead atoms. The van der Waals surface area contributed by atoms with Gasteiger partial charge in [-0.25, -0.2) is 0 Å². The van der Waals surface area contributed by atoms with Crippen molar-refractivity contribution in [2.45, 2.75) is 19.8 Å². The fourth-order valence-corrected chi connectivity index (χ4v) is 2.76. The van der Waals surface area contributed by atoms with Gasteiger partial charge in [0.1, 0.15) is 12.9 Å². The van der Waals surface area contributed by atoms with Crippen molar-refractivity contribution in [2.75, 3.05) is 14.2 Å². The van der Waals surface area contributed by atoms with Crippen LogP contribution in [0.3, 0.4) is 0 Å². The van der Waals surface area contributed by atoms with E-state index < -0.39 is 0 Å². The zero-order chi connectivity index (χ0) is 15.5. The van der Waals surface area contributed by atoms with Gasteiger partial charge in [-0.1, -0.05) is 12.1 Å². The summed E-state index contributed by atoms with van der Waals surface area (Å²) in [5.74, 6) is 1.33. The molecular formula is C17H19N3O2. The molecule has 22 heavy (non-hydrogen) atoms. The lowest BCUT2D eigenvalue weighted by molar-refractivity contribution is 0.212. The van der Waals surface area contributed by atoms with Crippen molar-refractivity contribution in [3.8, 4) is 17.0 Å². The van der Waals surface area contributed by atoms with Gasteiger partial charge in [0.2, 0.25) is 0 Å². The SMILES string of the molecule is CO/N=C1/C[C@@H](C)Cc2nnc(-c3ccc(OC)cc3)cc21. The number of ether oxygens (including phenoxy) is 1. The lowest BCUT2D eigenvalue weighted by atomic mass is 9.86. The topological polar surface area (TPSA) is 56.6 Å². The number of rotatable bonds is 3. The second-order valence-corrected chi connectivity index (χ2v) is 5.55. The van der Waals surface area contributed by atoms with E-state index in [0.29, 0.717) is 5.92 Å². The average molecular weight is 297 g/mol. The van der Waals surface area contributed by atoms with E-state index in [1.165, 1.54) is 0 Å². The number of hydrogen-bond acceptors (Lipinski definition) is 5. The molecule has 1 aliphatic carbocycles. The van der Waals surface area contributed by atoms with Crippen LogP contribution in [0.15, 0.2) is 35.5 Å². The normalized spacial score (nSPS) is 18.9. The fraction of sp³-hybridized carbons (Fsp3) is 0.353. The molecule has 0 unspecified atom stereocenters. The average Bonchev–Trinajstić information content (AvgIpc) is 2.55. The van der Waals surface area contributed by atoms with E-state index >= 15 is 0 Å². The molecule has 0 N–H and O–H groups in total. The number of oxime groups is 1. The van der Waals surface area contributed by atoms with Crippen LogP contribution in [0.5, 0.6) is 5.75 Å². The molecule has 5 heteroatoms. The summed E-state index contributed by atoms with van der Waals surface area (Å²) in [6.07, 6.45) is 1.82. The van der Waals surface area contributed by atoms with Gasteiger partial charge in [0, 0.05) is 11.1 Å². The molecule has 1 atom stereocenters. The van der Waals surface area contributed by atoms with E-state index in [0.717, 1.165) is 46.8 Å². The second kappa shape index (κ2) is 6.13. The lowest BCUT2D eigenvalue weighted by Gasteiger charge is -2.21. The van der Waals surface area contributed by atoms with Crippen molar-refractivity contribution < 1.29 is 9.57 Å². The molecule has 1 heterocycles. The summed E-state index contributed by atoms with van der Waals surface area (Å²) >= 11 is 0. The van der Waals surface area contributed by atoms with Crippen LogP contribution in [-0.4, -0.2) is 30.1 Å². The van der Waals surface area contributed by atoms with E-state index in [9.17, 15) is 0 Å². The third kappa shape index (κ3) is 2.79. The molecule has 0 fully saturated rings. The molecule has 0 aliphatic heterocycles. The minimum Gasteiger partial charge on any atom is -0.497 e. The van der Waals surface area contributed by atoms with Crippen LogP contribution in [-0.2, 0) is 11.3 Å². The first kappa shape index (κ1) is 14.5. The number of nitrogens with zero attached hydrogens (tertiary/aromatic N) is 3. The maximum atomic E-state index is 5.18. The van der Waals surface area contributed by atoms with Crippen LogP contribution in [0, 0.1) is 5.92 Å². The molecule has 0 spiro atoms. The minimum atomic E-state index is 0.502. The second-order valence-electron chi connectivity index (χ2n) is 5.55. The highest BCUT2D eigenvalue weighted by Crippen LogP contribution is 2.28. The van der Waals surface area contributed by atoms with Gasteiger partial charge >= 0.3 is 0 Å². The summed E-state index contributed by atoms with van der Waals surface area (Å²) in [6, 6.07) is 9.85. The highest BCUT2D eigenvalue weighted by Gasteiger charge is 2.23. The molecule has 5 nitrogen and oxygen atoms in total. The Morgan fingerprint density at radius 1 is 1.09 bits per heavy atom. The van der Waals surface area contributed by atoms with Gasteiger partial charge in [-0.2, -0.15) is 10.2 Å². The molecule has 0 radical (unpaired) electrons. The summed E-state index contributed by atoms with van der Waals surface area (Å²) < 4.78 is 5.18. The van der Waals surface area contributed by atoms with Crippen LogP contribution in [0.2, 0.25) is 0 Å². The van der Waals surface area contributed by atoms with Crippen LogP contribution in [0.4, 0.5) is 0 Å². The number of benzene rings is 1. The smallest absolute Gasteiger partial charge is 0.118 e. The van der Waals surface area contributed by atoms with E-state index in [2.05, 4.69) is 22.3 Å². The number of aromatic nitrogens is 2. The Balaban J connectivity index is 2.01. The number of fused-ring (bicyclic) bond motifs is 1. The van der Waals surface area contributed by atoms with Gasteiger partial charge < -0.3 is 9.57 Å². The quantitative estimate of drug-likeness (QED) is 0.817. The Bertz CT molecular complexity index is 696. The molecular weight excluding hydrogens is 278 g/mol. The Morgan fingerprint density at radius 3 is 2.55 bits per heavy atom. The predicted molar refractivity (Wildman–Crippen MR) is 85.1 cm³/mol. The molecule has 0 saturated heterocycles. The van der Waals surface area contributed by atoms with Crippen molar-refractivity contribution in [3.05, 3.63) is 41.6 Å². The lowest BCUT2D eigenvalue weighted by Crippen LogP contribution is -2.21. The predicted octanol–water partition coefficient (Wildman–Crippen LogP) is 3.09. The Hall–Kier alpha value is -2.43. The molecule has 114 valence electrons. The van der Waals surface area contributed by atoms with E-state index in [1.54, 1.807) is 14.2 Å². The van der Waals surface area contributed by atoms with Gasteiger partial charge in [0.15, 0.2) is 0 Å². The standard InChI is InChI=1S/C17H19N3O2/c1-11-8-16-14(17(9-11)20-22-3)10-15(18-19-16)12-4-6-13(21-2)7-5-12/h4-7,10-11H,8-9H2,1-3H3/b20-17-/t11-/m0/s1. The molecule has 1 aromatic carbocycles. The number of methoxy groups -OCH3 is 1. The van der Waals surface area contributed by atoms with E-state index in [-0.39, 0.29) is 0 Å². The van der Waals surface area contributed by atoms with Crippen LogP contribution >= 0.6 is 0 Å². The fourth-order valence-electron chi connectivity index (χ4n) is 2.76. The molecule has 3 rings (SSSR count). The summed E-state index contributed by atoms with van der Waals surface area (Å²) in [5.41, 5.74) is 4.82. The summed E-state index contributed by atoms with van der Waals surface area (Å²) in [7, 11) is 3.23. The number of hydrogen-bond donors (Lipinski definition) is 0. The first-order valence-electron chi connectivity index (χ1n) is 7.32. The zero-order valence-corrected chi connectivity index (χ0v) is 13.0. The highest BCUT2D eigenvalue weighted by atomic mass is 16.6. The third-order valence-corrected chi connectivity index (χ3v) is 3.85. The van der Waals surface area contributed by atoms with Crippen LogP contribution in [0.25, 0.3) is 11.3 Å².